The molecule has 0 amide bonds. The van der Waals surface area contributed by atoms with E-state index in [0.717, 1.165) is 18.2 Å². The van der Waals surface area contributed by atoms with Crippen LogP contribution < -0.4 is 5.32 Å². The zero-order valence-electron chi connectivity index (χ0n) is 12.1. The van der Waals surface area contributed by atoms with Crippen LogP contribution in [0.15, 0.2) is 12.3 Å². The normalized spacial score (nSPS) is 14.7. The lowest BCUT2D eigenvalue weighted by Gasteiger charge is -2.19. The van der Waals surface area contributed by atoms with Gasteiger partial charge in [-0.2, -0.15) is 16.9 Å². The van der Waals surface area contributed by atoms with Crippen LogP contribution in [0.4, 0.5) is 0 Å². The molecular formula is C14H27N3S. The van der Waals surface area contributed by atoms with Crippen molar-refractivity contribution in [1.29, 1.82) is 0 Å². The Morgan fingerprint density at radius 3 is 2.78 bits per heavy atom. The molecule has 1 N–H and O–H groups in total. The minimum Gasteiger partial charge on any atom is -0.313 e. The summed E-state index contributed by atoms with van der Waals surface area (Å²) in [4.78, 5) is 0. The zero-order chi connectivity index (χ0) is 13.4. The van der Waals surface area contributed by atoms with Crippen LogP contribution in [-0.4, -0.2) is 33.4 Å². The lowest BCUT2D eigenvalue weighted by Crippen LogP contribution is -2.34. The van der Waals surface area contributed by atoms with E-state index in [1.54, 1.807) is 0 Å². The van der Waals surface area contributed by atoms with Crippen LogP contribution in [0.25, 0.3) is 0 Å². The molecule has 2 atom stereocenters. The molecule has 1 aromatic rings. The Morgan fingerprint density at radius 1 is 1.44 bits per heavy atom. The molecule has 104 valence electrons. The maximum absolute atomic E-state index is 4.47. The summed E-state index contributed by atoms with van der Waals surface area (Å²) in [6.45, 7) is 7.87. The van der Waals surface area contributed by atoms with Crippen molar-refractivity contribution in [3.05, 3.63) is 18.0 Å². The van der Waals surface area contributed by atoms with Gasteiger partial charge in [-0.3, -0.25) is 4.68 Å². The average molecular weight is 269 g/mol. The van der Waals surface area contributed by atoms with Gasteiger partial charge in [-0.1, -0.05) is 20.8 Å². The smallest absolute Gasteiger partial charge is 0.0640 e. The predicted octanol–water partition coefficient (Wildman–Crippen LogP) is 2.86. The maximum Gasteiger partial charge on any atom is 0.0640 e. The Bertz CT molecular complexity index is 325. The summed E-state index contributed by atoms with van der Waals surface area (Å²) >= 11 is 2.06. The van der Waals surface area contributed by atoms with Gasteiger partial charge in [-0.05, 0) is 25.5 Å². The summed E-state index contributed by atoms with van der Waals surface area (Å²) in [7, 11) is 1.98. The largest absolute Gasteiger partial charge is 0.313 e. The van der Waals surface area contributed by atoms with Crippen LogP contribution in [-0.2, 0) is 13.5 Å². The Hall–Kier alpha value is -0.480. The van der Waals surface area contributed by atoms with E-state index in [2.05, 4.69) is 49.0 Å². The number of nitrogens with one attached hydrogen (secondary N) is 1. The lowest BCUT2D eigenvalue weighted by molar-refractivity contribution is 0.541. The van der Waals surface area contributed by atoms with E-state index in [1.807, 2.05) is 17.9 Å². The second-order valence-corrected chi connectivity index (χ2v) is 6.36. The quantitative estimate of drug-likeness (QED) is 0.747. The SMILES string of the molecule is CCCNC(CSC(C)CC)Cc1ccn(C)n1. The van der Waals surface area contributed by atoms with Gasteiger partial charge in [0, 0.05) is 36.7 Å². The Kier molecular flexibility index (Phi) is 7.44. The molecule has 0 radical (unpaired) electrons. The molecular weight excluding hydrogens is 242 g/mol. The molecule has 0 saturated heterocycles. The number of hydrogen-bond acceptors (Lipinski definition) is 3. The molecule has 0 saturated carbocycles. The van der Waals surface area contributed by atoms with Gasteiger partial charge in [0.15, 0.2) is 0 Å². The molecule has 2 unspecified atom stereocenters. The number of rotatable bonds is 9. The molecule has 0 spiro atoms. The molecule has 1 aromatic heterocycles. The molecule has 0 aliphatic heterocycles. The average Bonchev–Trinajstić information content (AvgIpc) is 2.77. The molecule has 0 aliphatic carbocycles. The molecule has 0 aromatic carbocycles. The Balaban J connectivity index is 2.44. The van der Waals surface area contributed by atoms with E-state index in [9.17, 15) is 0 Å². The first kappa shape index (κ1) is 15.6. The maximum atomic E-state index is 4.47. The summed E-state index contributed by atoms with van der Waals surface area (Å²) in [5.41, 5.74) is 1.19. The number of nitrogens with zero attached hydrogens (tertiary/aromatic N) is 2. The van der Waals surface area contributed by atoms with Crippen molar-refractivity contribution in [1.82, 2.24) is 15.1 Å². The fourth-order valence-corrected chi connectivity index (χ4v) is 2.79. The lowest BCUT2D eigenvalue weighted by atomic mass is 10.2. The van der Waals surface area contributed by atoms with Crippen LogP contribution in [0, 0.1) is 0 Å². The highest BCUT2D eigenvalue weighted by Gasteiger charge is 2.12. The van der Waals surface area contributed by atoms with Gasteiger partial charge in [0.1, 0.15) is 0 Å². The summed E-state index contributed by atoms with van der Waals surface area (Å²) in [5.74, 6) is 1.17. The van der Waals surface area contributed by atoms with E-state index < -0.39 is 0 Å². The van der Waals surface area contributed by atoms with E-state index >= 15 is 0 Å². The van der Waals surface area contributed by atoms with Gasteiger partial charge in [-0.25, -0.2) is 0 Å². The molecule has 0 aliphatic rings. The first-order valence-corrected chi connectivity index (χ1v) is 8.04. The number of hydrogen-bond donors (Lipinski definition) is 1. The van der Waals surface area contributed by atoms with Crippen LogP contribution in [0.1, 0.15) is 39.3 Å². The van der Waals surface area contributed by atoms with Crippen LogP contribution in [0.5, 0.6) is 0 Å². The number of aryl methyl sites for hydroxylation is 1. The van der Waals surface area contributed by atoms with E-state index in [0.29, 0.717) is 6.04 Å². The third-order valence-electron chi connectivity index (χ3n) is 3.06. The topological polar surface area (TPSA) is 29.9 Å². The zero-order valence-corrected chi connectivity index (χ0v) is 13.0. The third kappa shape index (κ3) is 5.91. The van der Waals surface area contributed by atoms with Crippen molar-refractivity contribution in [2.75, 3.05) is 12.3 Å². The van der Waals surface area contributed by atoms with Gasteiger partial charge in [0.25, 0.3) is 0 Å². The van der Waals surface area contributed by atoms with Gasteiger partial charge in [0.2, 0.25) is 0 Å². The molecule has 1 rings (SSSR count). The van der Waals surface area contributed by atoms with Crippen molar-refractivity contribution < 1.29 is 0 Å². The van der Waals surface area contributed by atoms with E-state index in [1.165, 1.54) is 24.3 Å². The Labute approximate surface area is 116 Å². The second kappa shape index (κ2) is 8.59. The van der Waals surface area contributed by atoms with E-state index in [4.69, 9.17) is 0 Å². The minimum absolute atomic E-state index is 0.541. The van der Waals surface area contributed by atoms with Crippen molar-refractivity contribution in [3.63, 3.8) is 0 Å². The summed E-state index contributed by atoms with van der Waals surface area (Å²) < 4.78 is 1.88. The first-order chi connectivity index (χ1) is 8.65. The van der Waals surface area contributed by atoms with Gasteiger partial charge in [0.05, 0.1) is 5.69 Å². The van der Waals surface area contributed by atoms with Gasteiger partial charge < -0.3 is 5.32 Å². The van der Waals surface area contributed by atoms with Gasteiger partial charge in [-0.15, -0.1) is 0 Å². The highest BCUT2D eigenvalue weighted by molar-refractivity contribution is 7.99. The van der Waals surface area contributed by atoms with E-state index in [-0.39, 0.29) is 0 Å². The number of aromatic nitrogens is 2. The summed E-state index contributed by atoms with van der Waals surface area (Å²) in [6, 6.07) is 2.66. The summed E-state index contributed by atoms with van der Waals surface area (Å²) in [6.07, 6.45) is 5.49. The van der Waals surface area contributed by atoms with Crippen molar-refractivity contribution in [3.8, 4) is 0 Å². The summed E-state index contributed by atoms with van der Waals surface area (Å²) in [5, 5.41) is 8.86. The number of thioether (sulfide) groups is 1. The van der Waals surface area contributed by atoms with Crippen LogP contribution in [0.3, 0.4) is 0 Å². The Morgan fingerprint density at radius 2 is 2.22 bits per heavy atom. The minimum atomic E-state index is 0.541. The predicted molar refractivity (Wildman–Crippen MR) is 81.2 cm³/mol. The molecule has 0 bridgehead atoms. The van der Waals surface area contributed by atoms with Crippen LogP contribution in [0.2, 0.25) is 0 Å². The second-order valence-electron chi connectivity index (χ2n) is 4.89. The molecule has 3 nitrogen and oxygen atoms in total. The molecule has 18 heavy (non-hydrogen) atoms. The van der Waals surface area contributed by atoms with Crippen molar-refractivity contribution in [2.24, 2.45) is 7.05 Å². The first-order valence-electron chi connectivity index (χ1n) is 6.99. The highest BCUT2D eigenvalue weighted by atomic mass is 32.2. The standard InChI is InChI=1S/C14H27N3S/c1-5-8-15-14(11-18-12(3)6-2)10-13-7-9-17(4)16-13/h7,9,12,14-15H,5-6,8,10-11H2,1-4H3. The molecule has 0 fully saturated rings. The highest BCUT2D eigenvalue weighted by Crippen LogP contribution is 2.16. The fourth-order valence-electron chi connectivity index (χ4n) is 1.76. The fraction of sp³-hybridized carbons (Fsp3) is 0.786. The van der Waals surface area contributed by atoms with Crippen LogP contribution >= 0.6 is 11.8 Å². The van der Waals surface area contributed by atoms with Gasteiger partial charge >= 0.3 is 0 Å². The van der Waals surface area contributed by atoms with Crippen molar-refractivity contribution >= 4 is 11.8 Å². The molecule has 4 heteroatoms. The van der Waals surface area contributed by atoms with Crippen molar-refractivity contribution in [2.45, 2.75) is 51.3 Å². The monoisotopic (exact) mass is 269 g/mol. The third-order valence-corrected chi connectivity index (χ3v) is 4.56. The molecule has 1 heterocycles.